The Hall–Kier alpha value is -1.22. The number of benzene rings is 1. The number of halogens is 2. The highest BCUT2D eigenvalue weighted by atomic mass is 19.2. The summed E-state index contributed by atoms with van der Waals surface area (Å²) in [5.41, 5.74) is 1.74. The van der Waals surface area contributed by atoms with Gasteiger partial charge in [-0.15, -0.1) is 0 Å². The maximum Gasteiger partial charge on any atom is 0.159 e. The van der Waals surface area contributed by atoms with Crippen molar-refractivity contribution in [2.75, 3.05) is 6.54 Å². The monoisotopic (exact) mass is 211 g/mol. The second-order valence-corrected chi connectivity index (χ2v) is 3.73. The van der Waals surface area contributed by atoms with Crippen LogP contribution in [-0.2, 0) is 0 Å². The van der Waals surface area contributed by atoms with Gasteiger partial charge in [0.25, 0.3) is 0 Å². The molecule has 1 aromatic carbocycles. The summed E-state index contributed by atoms with van der Waals surface area (Å²) in [5, 5.41) is 3.16. The van der Waals surface area contributed by atoms with Crippen LogP contribution in [0.1, 0.15) is 25.5 Å². The van der Waals surface area contributed by atoms with Crippen LogP contribution in [0.2, 0.25) is 0 Å². The average molecular weight is 211 g/mol. The fraction of sp³-hybridized carbons (Fsp3) is 0.333. The van der Waals surface area contributed by atoms with Crippen molar-refractivity contribution in [1.82, 2.24) is 5.32 Å². The van der Waals surface area contributed by atoms with E-state index in [0.717, 1.165) is 17.2 Å². The van der Waals surface area contributed by atoms with Crippen LogP contribution < -0.4 is 5.32 Å². The summed E-state index contributed by atoms with van der Waals surface area (Å²) in [6.45, 7) is 8.23. The third-order valence-electron chi connectivity index (χ3n) is 2.15. The molecule has 1 rings (SSSR count). The molecule has 0 saturated heterocycles. The molecule has 0 unspecified atom stereocenters. The van der Waals surface area contributed by atoms with Gasteiger partial charge in [-0.3, -0.25) is 0 Å². The molecule has 1 N–H and O–H groups in total. The molecule has 3 heteroatoms. The second-order valence-electron chi connectivity index (χ2n) is 3.73. The standard InChI is InChI=1S/C12H15F2N/c1-8(2)7-15-9(3)10-4-5-11(13)12(14)6-10/h4-6,9,15H,1,7H2,2-3H3/t9-/m1/s1. The van der Waals surface area contributed by atoms with Gasteiger partial charge in [-0.05, 0) is 31.5 Å². The third-order valence-corrected chi connectivity index (χ3v) is 2.15. The Morgan fingerprint density at radius 3 is 2.60 bits per heavy atom. The van der Waals surface area contributed by atoms with Gasteiger partial charge < -0.3 is 5.32 Å². The first-order valence-corrected chi connectivity index (χ1v) is 4.83. The Kier molecular flexibility index (Phi) is 3.97. The van der Waals surface area contributed by atoms with Crippen LogP contribution in [0, 0.1) is 11.6 Å². The third kappa shape index (κ3) is 3.44. The molecular formula is C12H15F2N. The van der Waals surface area contributed by atoms with Gasteiger partial charge in [0, 0.05) is 12.6 Å². The van der Waals surface area contributed by atoms with Crippen LogP contribution in [0.5, 0.6) is 0 Å². The molecule has 0 fully saturated rings. The molecule has 0 saturated carbocycles. The highest BCUT2D eigenvalue weighted by Crippen LogP contribution is 2.15. The van der Waals surface area contributed by atoms with Crippen molar-refractivity contribution in [3.63, 3.8) is 0 Å². The number of rotatable bonds is 4. The zero-order valence-electron chi connectivity index (χ0n) is 8.98. The molecule has 0 bridgehead atoms. The lowest BCUT2D eigenvalue weighted by Gasteiger charge is -2.14. The SMILES string of the molecule is C=C(C)CN[C@H](C)c1ccc(F)c(F)c1. The van der Waals surface area contributed by atoms with Crippen molar-refractivity contribution in [1.29, 1.82) is 0 Å². The minimum Gasteiger partial charge on any atom is -0.306 e. The first kappa shape index (κ1) is 11.9. The molecule has 1 aromatic rings. The molecule has 0 aliphatic heterocycles. The summed E-state index contributed by atoms with van der Waals surface area (Å²) in [4.78, 5) is 0. The van der Waals surface area contributed by atoms with Crippen molar-refractivity contribution in [2.24, 2.45) is 0 Å². The summed E-state index contributed by atoms with van der Waals surface area (Å²) >= 11 is 0. The van der Waals surface area contributed by atoms with Gasteiger partial charge >= 0.3 is 0 Å². The molecule has 15 heavy (non-hydrogen) atoms. The van der Waals surface area contributed by atoms with Gasteiger partial charge in [0.05, 0.1) is 0 Å². The van der Waals surface area contributed by atoms with Gasteiger partial charge in [-0.1, -0.05) is 18.2 Å². The van der Waals surface area contributed by atoms with E-state index in [4.69, 9.17) is 0 Å². The number of hydrogen-bond donors (Lipinski definition) is 1. The van der Waals surface area contributed by atoms with Crippen molar-refractivity contribution in [2.45, 2.75) is 19.9 Å². The zero-order chi connectivity index (χ0) is 11.4. The van der Waals surface area contributed by atoms with E-state index in [1.807, 2.05) is 13.8 Å². The molecule has 1 nitrogen and oxygen atoms in total. The van der Waals surface area contributed by atoms with Crippen molar-refractivity contribution < 1.29 is 8.78 Å². The predicted octanol–water partition coefficient (Wildman–Crippen LogP) is 3.19. The number of nitrogens with one attached hydrogen (secondary N) is 1. The Labute approximate surface area is 88.8 Å². The fourth-order valence-electron chi connectivity index (χ4n) is 1.23. The van der Waals surface area contributed by atoms with Crippen molar-refractivity contribution in [3.05, 3.63) is 47.5 Å². The molecular weight excluding hydrogens is 196 g/mol. The first-order valence-electron chi connectivity index (χ1n) is 4.83. The molecule has 0 heterocycles. The lowest BCUT2D eigenvalue weighted by atomic mass is 10.1. The van der Waals surface area contributed by atoms with E-state index in [-0.39, 0.29) is 6.04 Å². The molecule has 0 radical (unpaired) electrons. The summed E-state index contributed by atoms with van der Waals surface area (Å²) in [6.07, 6.45) is 0. The topological polar surface area (TPSA) is 12.0 Å². The van der Waals surface area contributed by atoms with E-state index in [1.54, 1.807) is 6.07 Å². The van der Waals surface area contributed by atoms with E-state index in [0.29, 0.717) is 6.54 Å². The van der Waals surface area contributed by atoms with Crippen LogP contribution in [0.15, 0.2) is 30.4 Å². The minimum atomic E-state index is -0.814. The van der Waals surface area contributed by atoms with Crippen LogP contribution >= 0.6 is 0 Å². The average Bonchev–Trinajstić information content (AvgIpc) is 2.18. The lowest BCUT2D eigenvalue weighted by molar-refractivity contribution is 0.502. The van der Waals surface area contributed by atoms with Gasteiger partial charge in [0.2, 0.25) is 0 Å². The predicted molar refractivity (Wildman–Crippen MR) is 57.6 cm³/mol. The molecule has 0 aliphatic carbocycles. The molecule has 0 aromatic heterocycles. The lowest BCUT2D eigenvalue weighted by Crippen LogP contribution is -2.20. The van der Waals surface area contributed by atoms with Crippen LogP contribution in [0.4, 0.5) is 8.78 Å². The Morgan fingerprint density at radius 1 is 1.40 bits per heavy atom. The molecule has 1 atom stereocenters. The largest absolute Gasteiger partial charge is 0.306 e. The van der Waals surface area contributed by atoms with Crippen LogP contribution in [0.3, 0.4) is 0 Å². The van der Waals surface area contributed by atoms with Crippen LogP contribution in [0.25, 0.3) is 0 Å². The first-order chi connectivity index (χ1) is 7.00. The van der Waals surface area contributed by atoms with Crippen molar-refractivity contribution >= 4 is 0 Å². The summed E-state index contributed by atoms with van der Waals surface area (Å²) < 4.78 is 25.6. The van der Waals surface area contributed by atoms with Crippen LogP contribution in [-0.4, -0.2) is 6.54 Å². The maximum absolute atomic E-state index is 12.9. The smallest absolute Gasteiger partial charge is 0.159 e. The van der Waals surface area contributed by atoms with E-state index in [2.05, 4.69) is 11.9 Å². The number of hydrogen-bond acceptors (Lipinski definition) is 1. The van der Waals surface area contributed by atoms with Gasteiger partial charge in [-0.25, -0.2) is 8.78 Å². The Bertz CT molecular complexity index is 361. The quantitative estimate of drug-likeness (QED) is 0.754. The van der Waals surface area contributed by atoms with E-state index in [9.17, 15) is 8.78 Å². The van der Waals surface area contributed by atoms with Crippen molar-refractivity contribution in [3.8, 4) is 0 Å². The van der Waals surface area contributed by atoms with Gasteiger partial charge in [0.15, 0.2) is 11.6 Å². The van der Waals surface area contributed by atoms with E-state index >= 15 is 0 Å². The molecule has 0 aliphatic rings. The van der Waals surface area contributed by atoms with Gasteiger partial charge in [-0.2, -0.15) is 0 Å². The summed E-state index contributed by atoms with van der Waals surface area (Å²) in [7, 11) is 0. The maximum atomic E-state index is 12.9. The highest BCUT2D eigenvalue weighted by Gasteiger charge is 2.08. The second kappa shape index (κ2) is 5.03. The Morgan fingerprint density at radius 2 is 2.07 bits per heavy atom. The Balaban J connectivity index is 2.69. The molecule has 0 spiro atoms. The summed E-state index contributed by atoms with van der Waals surface area (Å²) in [6, 6.07) is 3.92. The van der Waals surface area contributed by atoms with Gasteiger partial charge in [0.1, 0.15) is 0 Å². The minimum absolute atomic E-state index is 0.0169. The normalized spacial score (nSPS) is 12.5. The van der Waals surface area contributed by atoms with E-state index in [1.165, 1.54) is 6.07 Å². The summed E-state index contributed by atoms with van der Waals surface area (Å²) in [5.74, 6) is -1.62. The molecule has 82 valence electrons. The zero-order valence-corrected chi connectivity index (χ0v) is 8.98. The van der Waals surface area contributed by atoms with E-state index < -0.39 is 11.6 Å². The fourth-order valence-corrected chi connectivity index (χ4v) is 1.23. The highest BCUT2D eigenvalue weighted by molar-refractivity contribution is 5.21. The molecule has 0 amide bonds.